The average molecular weight is 217 g/mol. The number of ketones is 1. The second-order valence-corrected chi connectivity index (χ2v) is 4.33. The van der Waals surface area contributed by atoms with Crippen LogP contribution >= 0.6 is 0 Å². The van der Waals surface area contributed by atoms with Gasteiger partial charge in [0.25, 0.3) is 0 Å². The first-order valence-corrected chi connectivity index (χ1v) is 5.52. The van der Waals surface area contributed by atoms with Crippen molar-refractivity contribution in [2.45, 2.75) is 19.3 Å². The van der Waals surface area contributed by atoms with Gasteiger partial charge in [0.15, 0.2) is 5.78 Å². The largest absolute Gasteiger partial charge is 0.318 e. The molecule has 2 rings (SSSR count). The lowest BCUT2D eigenvalue weighted by Crippen LogP contribution is -2.13. The first-order chi connectivity index (χ1) is 7.70. The topological polar surface area (TPSA) is 37.4 Å². The van der Waals surface area contributed by atoms with Crippen LogP contribution in [0.1, 0.15) is 29.6 Å². The number of hydrogen-bond acceptors (Lipinski definition) is 2. The Kier molecular flexibility index (Phi) is 3.04. The maximum Gasteiger partial charge on any atom is 0.213 e. The van der Waals surface area contributed by atoms with Gasteiger partial charge in [-0.1, -0.05) is 0 Å². The van der Waals surface area contributed by atoms with Crippen molar-refractivity contribution >= 4 is 17.9 Å². The van der Waals surface area contributed by atoms with E-state index in [9.17, 15) is 9.59 Å². The Bertz CT molecular complexity index is 393. The fourth-order valence-electron chi connectivity index (χ4n) is 1.65. The Labute approximate surface area is 95.1 Å². The fraction of sp³-hybridized carbons (Fsp3) is 0.385. The lowest BCUT2D eigenvalue weighted by atomic mass is 10.1. The van der Waals surface area contributed by atoms with E-state index in [2.05, 4.69) is 0 Å². The quantitative estimate of drug-likeness (QED) is 0.560. The number of hydrogen-bond donors (Lipinski definition) is 0. The molecular weight excluding hydrogens is 202 g/mol. The number of rotatable bonds is 5. The third-order valence-electron chi connectivity index (χ3n) is 2.93. The highest BCUT2D eigenvalue weighted by Crippen LogP contribution is 2.33. The molecule has 3 heteroatoms. The van der Waals surface area contributed by atoms with Crippen molar-refractivity contribution in [3.63, 3.8) is 0 Å². The van der Waals surface area contributed by atoms with E-state index in [1.54, 1.807) is 31.3 Å². The van der Waals surface area contributed by atoms with Gasteiger partial charge in [0.2, 0.25) is 6.41 Å². The van der Waals surface area contributed by atoms with E-state index in [1.807, 2.05) is 0 Å². The van der Waals surface area contributed by atoms with Gasteiger partial charge < -0.3 is 4.90 Å². The zero-order valence-corrected chi connectivity index (χ0v) is 9.35. The van der Waals surface area contributed by atoms with Crippen molar-refractivity contribution in [1.29, 1.82) is 0 Å². The summed E-state index contributed by atoms with van der Waals surface area (Å²) < 4.78 is 0. The summed E-state index contributed by atoms with van der Waals surface area (Å²) in [6.07, 6.45) is 3.80. The Morgan fingerprint density at radius 1 is 1.38 bits per heavy atom. The predicted molar refractivity (Wildman–Crippen MR) is 62.6 cm³/mol. The maximum absolute atomic E-state index is 11.8. The zero-order chi connectivity index (χ0) is 11.5. The summed E-state index contributed by atoms with van der Waals surface area (Å²) in [5.41, 5.74) is 1.55. The molecule has 0 aromatic heterocycles. The Morgan fingerprint density at radius 2 is 2.00 bits per heavy atom. The molecule has 1 aliphatic carbocycles. The standard InChI is InChI=1S/C13H15NO2/c1-14(9-15)12-6-4-11(5-7-12)13(16)8-10-2-3-10/h4-7,9-10H,2-3,8H2,1H3. The van der Waals surface area contributed by atoms with Crippen molar-refractivity contribution in [1.82, 2.24) is 0 Å². The molecule has 0 atom stereocenters. The van der Waals surface area contributed by atoms with Crippen LogP contribution in [-0.4, -0.2) is 19.2 Å². The van der Waals surface area contributed by atoms with E-state index in [0.717, 1.165) is 17.7 Å². The minimum atomic E-state index is 0.211. The van der Waals surface area contributed by atoms with Gasteiger partial charge in [0, 0.05) is 24.7 Å². The first-order valence-electron chi connectivity index (χ1n) is 5.52. The fourth-order valence-corrected chi connectivity index (χ4v) is 1.65. The van der Waals surface area contributed by atoms with Gasteiger partial charge >= 0.3 is 0 Å². The van der Waals surface area contributed by atoms with E-state index in [-0.39, 0.29) is 5.78 Å². The molecule has 0 unspecified atom stereocenters. The number of amides is 1. The van der Waals surface area contributed by atoms with Crippen LogP contribution in [0, 0.1) is 5.92 Å². The van der Waals surface area contributed by atoms with Gasteiger partial charge in [-0.25, -0.2) is 0 Å². The van der Waals surface area contributed by atoms with Crippen LogP contribution in [0.2, 0.25) is 0 Å². The molecule has 3 nitrogen and oxygen atoms in total. The second-order valence-electron chi connectivity index (χ2n) is 4.33. The first kappa shape index (κ1) is 10.9. The Balaban J connectivity index is 2.05. The molecule has 0 spiro atoms. The number of anilines is 1. The smallest absolute Gasteiger partial charge is 0.213 e. The molecule has 0 saturated heterocycles. The van der Waals surface area contributed by atoms with E-state index >= 15 is 0 Å². The molecule has 1 aromatic rings. The number of benzene rings is 1. The van der Waals surface area contributed by atoms with Gasteiger partial charge in [-0.3, -0.25) is 9.59 Å². The minimum Gasteiger partial charge on any atom is -0.318 e. The predicted octanol–water partition coefficient (Wildman–Crippen LogP) is 2.26. The van der Waals surface area contributed by atoms with Crippen molar-refractivity contribution in [2.75, 3.05) is 11.9 Å². The summed E-state index contributed by atoms with van der Waals surface area (Å²) in [4.78, 5) is 23.8. The summed E-state index contributed by atoms with van der Waals surface area (Å²) >= 11 is 0. The molecule has 0 N–H and O–H groups in total. The number of carbonyl (C=O) groups excluding carboxylic acids is 2. The van der Waals surface area contributed by atoms with Crippen LogP contribution in [0.3, 0.4) is 0 Å². The molecule has 1 aromatic carbocycles. The summed E-state index contributed by atoms with van der Waals surface area (Å²) in [6, 6.07) is 7.18. The molecule has 84 valence electrons. The summed E-state index contributed by atoms with van der Waals surface area (Å²) in [5, 5.41) is 0. The highest BCUT2D eigenvalue weighted by molar-refractivity contribution is 5.96. The molecular formula is C13H15NO2. The lowest BCUT2D eigenvalue weighted by Gasteiger charge is -2.10. The van der Waals surface area contributed by atoms with Crippen molar-refractivity contribution in [3.05, 3.63) is 29.8 Å². The molecule has 1 fully saturated rings. The second kappa shape index (κ2) is 4.47. The molecule has 0 radical (unpaired) electrons. The van der Waals surface area contributed by atoms with Crippen molar-refractivity contribution in [2.24, 2.45) is 5.92 Å². The maximum atomic E-state index is 11.8. The summed E-state index contributed by atoms with van der Waals surface area (Å²) in [7, 11) is 1.69. The molecule has 0 heterocycles. The Morgan fingerprint density at radius 3 is 2.50 bits per heavy atom. The van der Waals surface area contributed by atoms with Crippen LogP contribution in [0.4, 0.5) is 5.69 Å². The number of nitrogens with zero attached hydrogens (tertiary/aromatic N) is 1. The highest BCUT2D eigenvalue weighted by Gasteiger charge is 2.24. The van der Waals surface area contributed by atoms with Crippen LogP contribution in [0.5, 0.6) is 0 Å². The molecule has 1 aliphatic rings. The molecule has 0 aliphatic heterocycles. The normalized spacial score (nSPS) is 14.6. The zero-order valence-electron chi connectivity index (χ0n) is 9.35. The van der Waals surface area contributed by atoms with Gasteiger partial charge in [0.05, 0.1) is 0 Å². The average Bonchev–Trinajstić information content (AvgIpc) is 3.12. The minimum absolute atomic E-state index is 0.211. The van der Waals surface area contributed by atoms with E-state index in [4.69, 9.17) is 0 Å². The number of carbonyl (C=O) groups is 2. The molecule has 1 amide bonds. The number of Topliss-reactive ketones (excluding diaryl/α,β-unsaturated/α-hetero) is 1. The van der Waals surface area contributed by atoms with Gasteiger partial charge in [0.1, 0.15) is 0 Å². The third kappa shape index (κ3) is 2.48. The van der Waals surface area contributed by atoms with Crippen molar-refractivity contribution < 1.29 is 9.59 Å². The van der Waals surface area contributed by atoms with Crippen LogP contribution in [0.15, 0.2) is 24.3 Å². The van der Waals surface area contributed by atoms with Crippen LogP contribution in [-0.2, 0) is 4.79 Å². The third-order valence-corrected chi connectivity index (χ3v) is 2.93. The van der Waals surface area contributed by atoms with E-state index in [0.29, 0.717) is 12.3 Å². The van der Waals surface area contributed by atoms with Crippen LogP contribution in [0.25, 0.3) is 0 Å². The summed E-state index contributed by atoms with van der Waals surface area (Å²) in [6.45, 7) is 0. The van der Waals surface area contributed by atoms with E-state index in [1.165, 1.54) is 17.7 Å². The Hall–Kier alpha value is -1.64. The lowest BCUT2D eigenvalue weighted by molar-refractivity contribution is -0.107. The highest BCUT2D eigenvalue weighted by atomic mass is 16.1. The van der Waals surface area contributed by atoms with Gasteiger partial charge in [-0.05, 0) is 43.0 Å². The van der Waals surface area contributed by atoms with Crippen molar-refractivity contribution in [3.8, 4) is 0 Å². The summed E-state index contributed by atoms with van der Waals surface area (Å²) in [5.74, 6) is 0.827. The van der Waals surface area contributed by atoms with Gasteiger partial charge in [-0.15, -0.1) is 0 Å². The SMILES string of the molecule is CN(C=O)c1ccc(C(=O)CC2CC2)cc1. The molecule has 16 heavy (non-hydrogen) atoms. The van der Waals surface area contributed by atoms with Crippen LogP contribution < -0.4 is 4.90 Å². The molecule has 0 bridgehead atoms. The van der Waals surface area contributed by atoms with Gasteiger partial charge in [-0.2, -0.15) is 0 Å². The van der Waals surface area contributed by atoms with E-state index < -0.39 is 0 Å². The molecule has 1 saturated carbocycles. The monoisotopic (exact) mass is 217 g/mol.